The highest BCUT2D eigenvalue weighted by Crippen LogP contribution is 2.45. The lowest BCUT2D eigenvalue weighted by Gasteiger charge is -2.25. The number of carbonyl (C=O) groups excluding carboxylic acids is 2. The molecule has 0 saturated heterocycles. The maximum absolute atomic E-state index is 12.4. The largest absolute Gasteiger partial charge is 0.422 e. The van der Waals surface area contributed by atoms with Crippen molar-refractivity contribution in [1.29, 1.82) is 0 Å². The van der Waals surface area contributed by atoms with Crippen LogP contribution in [-0.4, -0.2) is 11.9 Å². The lowest BCUT2D eigenvalue weighted by molar-refractivity contribution is -0.131. The third kappa shape index (κ3) is 4.02. The van der Waals surface area contributed by atoms with Crippen LogP contribution in [-0.2, 0) is 22.4 Å². The van der Waals surface area contributed by atoms with Crippen molar-refractivity contribution in [2.24, 2.45) is 0 Å². The Kier molecular flexibility index (Phi) is 5.73. The smallest absolute Gasteiger partial charge is 0.338 e. The van der Waals surface area contributed by atoms with Gasteiger partial charge in [0.05, 0.1) is 0 Å². The molecule has 29 heavy (non-hydrogen) atoms. The summed E-state index contributed by atoms with van der Waals surface area (Å²) in [5, 5.41) is 1.49. The Bertz CT molecular complexity index is 1090. The fraction of sp³-hybridized carbons (Fsp3) is 0.280. The topological polar surface area (TPSA) is 52.6 Å². The van der Waals surface area contributed by atoms with Crippen LogP contribution < -0.4 is 9.47 Å². The quantitative estimate of drug-likeness (QED) is 0.291. The Morgan fingerprint density at radius 2 is 1.55 bits per heavy atom. The number of esters is 2. The third-order valence-corrected chi connectivity index (χ3v) is 5.12. The van der Waals surface area contributed by atoms with Gasteiger partial charge in [0.15, 0.2) is 0 Å². The first kappa shape index (κ1) is 20.6. The summed E-state index contributed by atoms with van der Waals surface area (Å²) in [5.74, 6) is 0.116. The Morgan fingerprint density at radius 1 is 0.966 bits per heavy atom. The Morgan fingerprint density at radius 3 is 2.10 bits per heavy atom. The summed E-state index contributed by atoms with van der Waals surface area (Å²) in [7, 11) is 0. The minimum Gasteiger partial charge on any atom is -0.422 e. The van der Waals surface area contributed by atoms with E-state index in [-0.39, 0.29) is 0 Å². The molecule has 3 rings (SSSR count). The van der Waals surface area contributed by atoms with Crippen molar-refractivity contribution in [2.75, 3.05) is 0 Å². The molecule has 0 saturated carbocycles. The third-order valence-electron chi connectivity index (χ3n) is 5.12. The van der Waals surface area contributed by atoms with Crippen LogP contribution in [0.1, 0.15) is 43.9 Å². The summed E-state index contributed by atoms with van der Waals surface area (Å²) >= 11 is 0. The first-order chi connectivity index (χ1) is 13.7. The van der Waals surface area contributed by atoms with E-state index < -0.39 is 11.9 Å². The number of benzene rings is 2. The fourth-order valence-electron chi connectivity index (χ4n) is 3.45. The van der Waals surface area contributed by atoms with Crippen molar-refractivity contribution < 1.29 is 19.1 Å². The van der Waals surface area contributed by atoms with Crippen LogP contribution in [0.2, 0.25) is 0 Å². The van der Waals surface area contributed by atoms with E-state index in [1.807, 2.05) is 25.1 Å². The number of rotatable bonds is 5. The van der Waals surface area contributed by atoms with Crippen LogP contribution in [0, 0.1) is 6.92 Å². The number of ether oxygens (including phenoxy) is 2. The summed E-state index contributed by atoms with van der Waals surface area (Å²) < 4.78 is 11.6. The summed E-state index contributed by atoms with van der Waals surface area (Å²) in [6.07, 6.45) is 4.32. The number of carbonyl (C=O) groups is 2. The van der Waals surface area contributed by atoms with Gasteiger partial charge in [-0.15, -0.1) is 0 Å². The fourth-order valence-corrected chi connectivity index (χ4v) is 3.45. The summed E-state index contributed by atoms with van der Waals surface area (Å²) in [5.41, 5.74) is 4.70. The van der Waals surface area contributed by atoms with Crippen molar-refractivity contribution in [2.45, 2.75) is 47.0 Å². The SMILES string of the molecule is C=C(C)C(=O)Oc1c2c(c(OC(=O)C(=C)C)c3ccc(C)cc13)CC(CC)=CC2. The number of allylic oxidation sites excluding steroid dienone is 2. The Hall–Kier alpha value is -3.14. The van der Waals surface area contributed by atoms with Crippen LogP contribution in [0.5, 0.6) is 11.5 Å². The molecule has 0 bridgehead atoms. The van der Waals surface area contributed by atoms with Gasteiger partial charge in [0.25, 0.3) is 0 Å². The number of aryl methyl sites for hydroxylation is 1. The minimum absolute atomic E-state index is 0.331. The van der Waals surface area contributed by atoms with Crippen molar-refractivity contribution in [1.82, 2.24) is 0 Å². The molecule has 150 valence electrons. The highest BCUT2D eigenvalue weighted by molar-refractivity contribution is 6.02. The molecule has 0 spiro atoms. The van der Waals surface area contributed by atoms with Crippen LogP contribution in [0.25, 0.3) is 10.8 Å². The van der Waals surface area contributed by atoms with E-state index in [2.05, 4.69) is 26.2 Å². The van der Waals surface area contributed by atoms with Gasteiger partial charge in [0, 0.05) is 33.0 Å². The molecular formula is C25H26O4. The van der Waals surface area contributed by atoms with Gasteiger partial charge >= 0.3 is 11.9 Å². The molecule has 4 nitrogen and oxygen atoms in total. The van der Waals surface area contributed by atoms with E-state index in [4.69, 9.17) is 9.47 Å². The zero-order chi connectivity index (χ0) is 21.3. The van der Waals surface area contributed by atoms with Crippen LogP contribution in [0.3, 0.4) is 0 Å². The van der Waals surface area contributed by atoms with E-state index in [0.29, 0.717) is 35.5 Å². The molecule has 1 aliphatic rings. The monoisotopic (exact) mass is 390 g/mol. The lowest BCUT2D eigenvalue weighted by atomic mass is 9.86. The average molecular weight is 390 g/mol. The summed E-state index contributed by atoms with van der Waals surface area (Å²) in [6, 6.07) is 5.82. The molecule has 0 fully saturated rings. The minimum atomic E-state index is -0.466. The molecular weight excluding hydrogens is 364 g/mol. The van der Waals surface area contributed by atoms with Crippen LogP contribution in [0.4, 0.5) is 0 Å². The molecule has 0 atom stereocenters. The molecule has 0 heterocycles. The molecule has 2 aromatic carbocycles. The predicted octanol–water partition coefficient (Wildman–Crippen LogP) is 5.55. The van der Waals surface area contributed by atoms with Gasteiger partial charge in [-0.1, -0.05) is 49.4 Å². The van der Waals surface area contributed by atoms with Crippen molar-refractivity contribution in [3.05, 3.63) is 70.8 Å². The van der Waals surface area contributed by atoms with Gasteiger partial charge < -0.3 is 9.47 Å². The highest BCUT2D eigenvalue weighted by Gasteiger charge is 2.27. The van der Waals surface area contributed by atoms with E-state index in [0.717, 1.165) is 33.9 Å². The van der Waals surface area contributed by atoms with Crippen molar-refractivity contribution >= 4 is 22.7 Å². The first-order valence-electron chi connectivity index (χ1n) is 9.74. The van der Waals surface area contributed by atoms with E-state index in [9.17, 15) is 9.59 Å². The summed E-state index contributed by atoms with van der Waals surface area (Å²) in [4.78, 5) is 24.7. The zero-order valence-electron chi connectivity index (χ0n) is 17.5. The maximum atomic E-state index is 12.4. The van der Waals surface area contributed by atoms with E-state index >= 15 is 0 Å². The van der Waals surface area contributed by atoms with E-state index in [1.165, 1.54) is 5.57 Å². The number of hydrogen-bond donors (Lipinski definition) is 0. The second-order valence-corrected chi connectivity index (χ2v) is 7.60. The molecule has 0 N–H and O–H groups in total. The predicted molar refractivity (Wildman–Crippen MR) is 115 cm³/mol. The van der Waals surface area contributed by atoms with Crippen LogP contribution >= 0.6 is 0 Å². The molecule has 1 aliphatic carbocycles. The maximum Gasteiger partial charge on any atom is 0.338 e. The number of fused-ring (bicyclic) bond motifs is 2. The van der Waals surface area contributed by atoms with E-state index in [1.54, 1.807) is 13.8 Å². The molecule has 0 aliphatic heterocycles. The zero-order valence-corrected chi connectivity index (χ0v) is 17.5. The average Bonchev–Trinajstić information content (AvgIpc) is 2.69. The molecule has 4 heteroatoms. The van der Waals surface area contributed by atoms with Crippen LogP contribution in [0.15, 0.2) is 54.2 Å². The van der Waals surface area contributed by atoms with Crippen molar-refractivity contribution in [3.8, 4) is 11.5 Å². The Labute approximate surface area is 171 Å². The molecule has 0 radical (unpaired) electrons. The lowest BCUT2D eigenvalue weighted by Crippen LogP contribution is -2.16. The second kappa shape index (κ2) is 8.08. The molecule has 0 aromatic heterocycles. The normalized spacial score (nSPS) is 12.8. The number of hydrogen-bond acceptors (Lipinski definition) is 4. The molecule has 0 amide bonds. The van der Waals surface area contributed by atoms with Gasteiger partial charge in [-0.2, -0.15) is 0 Å². The summed E-state index contributed by atoms with van der Waals surface area (Å²) in [6.45, 7) is 14.7. The first-order valence-corrected chi connectivity index (χ1v) is 9.74. The molecule has 0 unspecified atom stereocenters. The Balaban J connectivity index is 2.33. The van der Waals surface area contributed by atoms with Gasteiger partial charge in [-0.25, -0.2) is 9.59 Å². The molecule has 2 aromatic rings. The standard InChI is InChI=1S/C25H26O4/c1-7-17-9-11-19-21(13-17)23(29-25(27)15(4)5)18-10-8-16(6)12-20(18)22(19)28-24(26)14(2)3/h8-10,12H,2,4,7,11,13H2,1,3,5-6H3. The highest BCUT2D eigenvalue weighted by atomic mass is 16.5. The van der Waals surface area contributed by atoms with Gasteiger partial charge in [0.2, 0.25) is 0 Å². The van der Waals surface area contributed by atoms with Gasteiger partial charge in [-0.3, -0.25) is 0 Å². The second-order valence-electron chi connectivity index (χ2n) is 7.60. The van der Waals surface area contributed by atoms with Gasteiger partial charge in [-0.05, 0) is 46.1 Å². The van der Waals surface area contributed by atoms with Crippen molar-refractivity contribution in [3.63, 3.8) is 0 Å². The van der Waals surface area contributed by atoms with Gasteiger partial charge in [0.1, 0.15) is 11.5 Å².